The highest BCUT2D eigenvalue weighted by Gasteiger charge is 2.33. The highest BCUT2D eigenvalue weighted by molar-refractivity contribution is 6.03. The van der Waals surface area contributed by atoms with Crippen LogP contribution in [0.5, 0.6) is 0 Å². The summed E-state index contributed by atoms with van der Waals surface area (Å²) in [5, 5.41) is 8.95. The number of hydrogen-bond donors (Lipinski definition) is 2. The summed E-state index contributed by atoms with van der Waals surface area (Å²) in [6, 6.07) is 17.1. The average molecular weight is 454 g/mol. The smallest absolute Gasteiger partial charge is 0.435 e. The molecule has 0 unspecified atom stereocenters. The standard InChI is InChI=1S/C23H17F3N4O3/c24-23(25,26)20-10-11-30(29-20)18-8-6-15(7-9-18)14-27-21(31)16-3-1-4-17(13-16)28-22(32)19-5-2-12-33-19/h1-13H,14H2,(H,27,31)(H,28,32). The Morgan fingerprint density at radius 1 is 0.970 bits per heavy atom. The van der Waals surface area contributed by atoms with Gasteiger partial charge in [0.25, 0.3) is 11.8 Å². The van der Waals surface area contributed by atoms with E-state index in [4.69, 9.17) is 4.42 Å². The number of nitrogens with zero attached hydrogens (tertiary/aromatic N) is 2. The Morgan fingerprint density at radius 2 is 1.76 bits per heavy atom. The van der Waals surface area contributed by atoms with Crippen molar-refractivity contribution < 1.29 is 27.2 Å². The van der Waals surface area contributed by atoms with E-state index in [2.05, 4.69) is 15.7 Å². The summed E-state index contributed by atoms with van der Waals surface area (Å²) in [6.45, 7) is 0.203. The zero-order chi connectivity index (χ0) is 23.4. The summed E-state index contributed by atoms with van der Waals surface area (Å²) in [4.78, 5) is 24.6. The maximum absolute atomic E-state index is 12.7. The number of carbonyl (C=O) groups excluding carboxylic acids is 2. The molecule has 7 nitrogen and oxygen atoms in total. The molecule has 2 aromatic carbocycles. The minimum absolute atomic E-state index is 0.151. The monoisotopic (exact) mass is 454 g/mol. The van der Waals surface area contributed by atoms with Gasteiger partial charge in [-0.3, -0.25) is 9.59 Å². The molecular formula is C23H17F3N4O3. The molecule has 4 rings (SSSR count). The Kier molecular flexibility index (Phi) is 5.99. The topological polar surface area (TPSA) is 89.2 Å². The van der Waals surface area contributed by atoms with Crippen molar-refractivity contribution in [3.05, 3.63) is 102 Å². The Balaban J connectivity index is 1.36. The summed E-state index contributed by atoms with van der Waals surface area (Å²) in [7, 11) is 0. The number of aromatic nitrogens is 2. The summed E-state index contributed by atoms with van der Waals surface area (Å²) in [6.07, 6.45) is -1.88. The molecule has 0 aliphatic heterocycles. The summed E-state index contributed by atoms with van der Waals surface area (Å²) in [5.41, 5.74) is 1.02. The minimum atomic E-state index is -4.51. The van der Waals surface area contributed by atoms with Crippen molar-refractivity contribution in [2.24, 2.45) is 0 Å². The van der Waals surface area contributed by atoms with Crippen molar-refractivity contribution >= 4 is 17.5 Å². The van der Waals surface area contributed by atoms with Crippen molar-refractivity contribution in [1.29, 1.82) is 0 Å². The molecular weight excluding hydrogens is 437 g/mol. The molecule has 0 aliphatic rings. The highest BCUT2D eigenvalue weighted by atomic mass is 19.4. The molecule has 0 radical (unpaired) electrons. The van der Waals surface area contributed by atoms with Crippen LogP contribution >= 0.6 is 0 Å². The quantitative estimate of drug-likeness (QED) is 0.443. The predicted molar refractivity (Wildman–Crippen MR) is 113 cm³/mol. The second-order valence-corrected chi connectivity index (χ2v) is 7.00. The lowest BCUT2D eigenvalue weighted by Crippen LogP contribution is -2.23. The lowest BCUT2D eigenvalue weighted by Gasteiger charge is -2.09. The lowest BCUT2D eigenvalue weighted by molar-refractivity contribution is -0.141. The SMILES string of the molecule is O=C(NCc1ccc(-n2ccc(C(F)(F)F)n2)cc1)c1cccc(NC(=O)c2ccco2)c1. The molecule has 0 aliphatic carbocycles. The van der Waals surface area contributed by atoms with Crippen molar-refractivity contribution in [3.63, 3.8) is 0 Å². The number of alkyl halides is 3. The number of nitrogens with one attached hydrogen (secondary N) is 2. The van der Waals surface area contributed by atoms with E-state index in [0.29, 0.717) is 16.9 Å². The van der Waals surface area contributed by atoms with Crippen molar-refractivity contribution in [1.82, 2.24) is 15.1 Å². The van der Waals surface area contributed by atoms with Crippen molar-refractivity contribution in [2.75, 3.05) is 5.32 Å². The molecule has 0 saturated heterocycles. The van der Waals surface area contributed by atoms with Gasteiger partial charge in [0.15, 0.2) is 11.5 Å². The summed E-state index contributed by atoms with van der Waals surface area (Å²) >= 11 is 0. The third-order valence-corrected chi connectivity index (χ3v) is 4.66. The number of halogens is 3. The van der Waals surface area contributed by atoms with Crippen LogP contribution in [0.3, 0.4) is 0 Å². The lowest BCUT2D eigenvalue weighted by atomic mass is 10.1. The molecule has 0 bridgehead atoms. The number of amides is 2. The zero-order valence-electron chi connectivity index (χ0n) is 17.0. The number of furan rings is 1. The van der Waals surface area contributed by atoms with Crippen LogP contribution in [0, 0.1) is 0 Å². The number of anilines is 1. The number of rotatable bonds is 6. The molecule has 0 saturated carbocycles. The first-order valence-corrected chi connectivity index (χ1v) is 9.75. The van der Waals surface area contributed by atoms with Gasteiger partial charge in [0, 0.05) is 24.0 Å². The van der Waals surface area contributed by atoms with Gasteiger partial charge in [0.2, 0.25) is 0 Å². The van der Waals surface area contributed by atoms with Crippen LogP contribution in [0.4, 0.5) is 18.9 Å². The van der Waals surface area contributed by atoms with Gasteiger partial charge in [-0.25, -0.2) is 4.68 Å². The van der Waals surface area contributed by atoms with E-state index >= 15 is 0 Å². The number of hydrogen-bond acceptors (Lipinski definition) is 4. The van der Waals surface area contributed by atoms with E-state index in [9.17, 15) is 22.8 Å². The van der Waals surface area contributed by atoms with E-state index in [1.807, 2.05) is 0 Å². The molecule has 0 spiro atoms. The van der Waals surface area contributed by atoms with Gasteiger partial charge in [-0.1, -0.05) is 18.2 Å². The minimum Gasteiger partial charge on any atom is -0.459 e. The van der Waals surface area contributed by atoms with E-state index in [-0.39, 0.29) is 18.2 Å². The molecule has 4 aromatic rings. The molecule has 0 fully saturated rings. The Labute approximate surface area is 185 Å². The van der Waals surface area contributed by atoms with Gasteiger partial charge < -0.3 is 15.1 Å². The fourth-order valence-electron chi connectivity index (χ4n) is 3.01. The molecule has 2 aromatic heterocycles. The third kappa shape index (κ3) is 5.29. The van der Waals surface area contributed by atoms with Crippen molar-refractivity contribution in [2.45, 2.75) is 12.7 Å². The summed E-state index contributed by atoms with van der Waals surface area (Å²) in [5.74, 6) is -0.634. The fourth-order valence-corrected chi connectivity index (χ4v) is 3.01. The Bertz CT molecular complexity index is 1260. The highest BCUT2D eigenvalue weighted by Crippen LogP contribution is 2.27. The van der Waals surface area contributed by atoms with E-state index in [1.165, 1.54) is 24.6 Å². The maximum Gasteiger partial charge on any atom is 0.435 e. The Hall–Kier alpha value is -4.34. The molecule has 2 heterocycles. The van der Waals surface area contributed by atoms with Crippen molar-refractivity contribution in [3.8, 4) is 5.69 Å². The second kappa shape index (κ2) is 9.03. The van der Waals surface area contributed by atoms with Crippen LogP contribution in [0.2, 0.25) is 0 Å². The van der Waals surface area contributed by atoms with Gasteiger partial charge in [-0.2, -0.15) is 18.3 Å². The molecule has 168 valence electrons. The van der Waals surface area contributed by atoms with Gasteiger partial charge in [-0.05, 0) is 54.1 Å². The molecule has 10 heteroatoms. The fraction of sp³-hybridized carbons (Fsp3) is 0.0870. The van der Waals surface area contributed by atoms with Crippen LogP contribution < -0.4 is 10.6 Å². The van der Waals surface area contributed by atoms with Crippen LogP contribution in [0.1, 0.15) is 32.2 Å². The first-order chi connectivity index (χ1) is 15.8. The van der Waals surface area contributed by atoms with Gasteiger partial charge in [-0.15, -0.1) is 0 Å². The van der Waals surface area contributed by atoms with Gasteiger partial charge in [0.1, 0.15) is 0 Å². The van der Waals surface area contributed by atoms with Crippen LogP contribution in [-0.4, -0.2) is 21.6 Å². The van der Waals surface area contributed by atoms with E-state index in [0.717, 1.165) is 16.3 Å². The van der Waals surface area contributed by atoms with E-state index < -0.39 is 17.8 Å². The Morgan fingerprint density at radius 3 is 2.42 bits per heavy atom. The molecule has 2 N–H and O–H groups in total. The number of benzene rings is 2. The third-order valence-electron chi connectivity index (χ3n) is 4.66. The zero-order valence-corrected chi connectivity index (χ0v) is 17.0. The van der Waals surface area contributed by atoms with Crippen LogP contribution in [0.15, 0.2) is 83.6 Å². The normalized spacial score (nSPS) is 11.2. The molecule has 33 heavy (non-hydrogen) atoms. The largest absolute Gasteiger partial charge is 0.459 e. The first kappa shape index (κ1) is 21.9. The van der Waals surface area contributed by atoms with Crippen LogP contribution in [-0.2, 0) is 12.7 Å². The second-order valence-electron chi connectivity index (χ2n) is 7.00. The van der Waals surface area contributed by atoms with Gasteiger partial charge in [0.05, 0.1) is 12.0 Å². The predicted octanol–water partition coefficient (Wildman–Crippen LogP) is 4.67. The molecule has 0 atom stereocenters. The van der Waals surface area contributed by atoms with E-state index in [1.54, 1.807) is 48.5 Å². The molecule has 2 amide bonds. The van der Waals surface area contributed by atoms with Crippen LogP contribution in [0.25, 0.3) is 5.69 Å². The van der Waals surface area contributed by atoms with Gasteiger partial charge >= 0.3 is 6.18 Å². The number of carbonyl (C=O) groups is 2. The first-order valence-electron chi connectivity index (χ1n) is 9.75. The average Bonchev–Trinajstić information content (AvgIpc) is 3.50. The maximum atomic E-state index is 12.7. The summed E-state index contributed by atoms with van der Waals surface area (Å²) < 4.78 is 44.3.